The summed E-state index contributed by atoms with van der Waals surface area (Å²) in [6.45, 7) is 4.77. The first kappa shape index (κ1) is 19.0. The van der Waals surface area contributed by atoms with Crippen molar-refractivity contribution >= 4 is 34.6 Å². The van der Waals surface area contributed by atoms with Crippen molar-refractivity contribution in [2.75, 3.05) is 25.0 Å². The molecule has 1 aliphatic heterocycles. The third-order valence-corrected chi connectivity index (χ3v) is 5.88. The Balaban J connectivity index is 1.55. The molecule has 0 saturated carbocycles. The van der Waals surface area contributed by atoms with Crippen LogP contribution in [0.15, 0.2) is 34.6 Å². The van der Waals surface area contributed by atoms with Crippen LogP contribution in [0.4, 0.5) is 5.69 Å². The van der Waals surface area contributed by atoms with Gasteiger partial charge in [-0.1, -0.05) is 30.7 Å². The van der Waals surface area contributed by atoms with Crippen molar-refractivity contribution in [2.24, 2.45) is 4.99 Å². The molecule has 1 unspecified atom stereocenters. The van der Waals surface area contributed by atoms with E-state index in [1.54, 1.807) is 11.3 Å². The Hall–Kier alpha value is -1.79. The van der Waals surface area contributed by atoms with E-state index in [9.17, 15) is 0 Å². The molecule has 1 aromatic carbocycles. The quantitative estimate of drug-likeness (QED) is 0.602. The fourth-order valence-corrected chi connectivity index (χ4v) is 4.18. The van der Waals surface area contributed by atoms with Crippen LogP contribution in [0.1, 0.15) is 30.5 Å². The molecule has 1 atom stereocenters. The van der Waals surface area contributed by atoms with Gasteiger partial charge in [0.1, 0.15) is 0 Å². The van der Waals surface area contributed by atoms with Gasteiger partial charge < -0.3 is 15.5 Å². The fraction of sp³-hybridized carbons (Fsp3) is 0.474. The zero-order valence-corrected chi connectivity index (χ0v) is 16.9. The molecule has 2 aromatic rings. The summed E-state index contributed by atoms with van der Waals surface area (Å²) in [6.07, 6.45) is 3.24. The summed E-state index contributed by atoms with van der Waals surface area (Å²) >= 11 is 8.08. The van der Waals surface area contributed by atoms with Crippen molar-refractivity contribution in [1.82, 2.24) is 15.6 Å². The standard InChI is InChI=1S/C19H26ClN5S/c1-3-18-23-15(13-26-18)11-22-19(21-2)24-14-7-6-10-25(12-14)17-9-5-4-8-16(17)20/h4-5,8-9,13-14H,3,6-7,10-12H2,1-2H3,(H2,21,22,24). The van der Waals surface area contributed by atoms with Crippen molar-refractivity contribution in [2.45, 2.75) is 38.8 Å². The van der Waals surface area contributed by atoms with Gasteiger partial charge in [0, 0.05) is 31.6 Å². The first-order valence-electron chi connectivity index (χ1n) is 9.09. The van der Waals surface area contributed by atoms with Gasteiger partial charge in [0.05, 0.1) is 28.0 Å². The van der Waals surface area contributed by atoms with Crippen molar-refractivity contribution < 1.29 is 0 Å². The van der Waals surface area contributed by atoms with E-state index in [1.807, 2.05) is 25.2 Å². The third-order valence-electron chi connectivity index (χ3n) is 4.52. The average Bonchev–Trinajstić information content (AvgIpc) is 3.14. The van der Waals surface area contributed by atoms with Crippen molar-refractivity contribution in [3.8, 4) is 0 Å². The van der Waals surface area contributed by atoms with Crippen LogP contribution < -0.4 is 15.5 Å². The van der Waals surface area contributed by atoms with E-state index in [1.165, 1.54) is 5.01 Å². The fourth-order valence-electron chi connectivity index (χ4n) is 3.18. The van der Waals surface area contributed by atoms with Crippen molar-refractivity contribution in [3.63, 3.8) is 0 Å². The number of aromatic nitrogens is 1. The van der Waals surface area contributed by atoms with E-state index in [-0.39, 0.29) is 0 Å². The first-order valence-corrected chi connectivity index (χ1v) is 10.3. The van der Waals surface area contributed by atoms with E-state index in [0.717, 1.165) is 54.7 Å². The minimum Gasteiger partial charge on any atom is -0.368 e. The lowest BCUT2D eigenvalue weighted by Gasteiger charge is -2.35. The second-order valence-corrected chi connectivity index (χ2v) is 7.74. The predicted molar refractivity (Wildman–Crippen MR) is 112 cm³/mol. The molecule has 140 valence electrons. The topological polar surface area (TPSA) is 52.6 Å². The summed E-state index contributed by atoms with van der Waals surface area (Å²) in [7, 11) is 1.81. The molecule has 5 nitrogen and oxygen atoms in total. The molecule has 1 aliphatic rings. The highest BCUT2D eigenvalue weighted by molar-refractivity contribution is 7.09. The summed E-state index contributed by atoms with van der Waals surface area (Å²) in [5.74, 6) is 0.821. The Morgan fingerprint density at radius 3 is 3.00 bits per heavy atom. The Morgan fingerprint density at radius 2 is 2.27 bits per heavy atom. The van der Waals surface area contributed by atoms with E-state index >= 15 is 0 Å². The Labute approximate surface area is 164 Å². The second kappa shape index (κ2) is 9.24. The molecular formula is C19H26ClN5S. The highest BCUT2D eigenvalue weighted by atomic mass is 35.5. The lowest BCUT2D eigenvalue weighted by Crippen LogP contribution is -2.51. The maximum Gasteiger partial charge on any atom is 0.191 e. The lowest BCUT2D eigenvalue weighted by molar-refractivity contribution is 0.468. The normalized spacial score (nSPS) is 18.0. The Morgan fingerprint density at radius 1 is 1.42 bits per heavy atom. The SMILES string of the molecule is CCc1nc(CNC(=NC)NC2CCCN(c3ccccc3Cl)C2)cs1. The molecule has 2 N–H and O–H groups in total. The number of anilines is 1. The van der Waals surface area contributed by atoms with Crippen LogP contribution in [0, 0.1) is 0 Å². The molecule has 3 rings (SSSR count). The van der Waals surface area contributed by atoms with E-state index in [0.29, 0.717) is 12.6 Å². The highest BCUT2D eigenvalue weighted by Crippen LogP contribution is 2.27. The summed E-state index contributed by atoms with van der Waals surface area (Å²) < 4.78 is 0. The zero-order chi connectivity index (χ0) is 18.4. The van der Waals surface area contributed by atoms with Gasteiger partial charge in [-0.3, -0.25) is 4.99 Å². The number of nitrogens with zero attached hydrogens (tertiary/aromatic N) is 3. The van der Waals surface area contributed by atoms with Crippen LogP contribution in [-0.2, 0) is 13.0 Å². The number of piperidine rings is 1. The second-order valence-electron chi connectivity index (χ2n) is 6.39. The van der Waals surface area contributed by atoms with Gasteiger partial charge in [-0.15, -0.1) is 11.3 Å². The van der Waals surface area contributed by atoms with Gasteiger partial charge in [-0.05, 0) is 31.4 Å². The number of nitrogens with one attached hydrogen (secondary N) is 2. The molecular weight excluding hydrogens is 366 g/mol. The first-order chi connectivity index (χ1) is 12.7. The number of guanidine groups is 1. The van der Waals surface area contributed by atoms with Gasteiger partial charge in [0.2, 0.25) is 0 Å². The predicted octanol–water partition coefficient (Wildman–Crippen LogP) is 3.69. The van der Waals surface area contributed by atoms with E-state index in [4.69, 9.17) is 11.6 Å². The summed E-state index contributed by atoms with van der Waals surface area (Å²) in [4.78, 5) is 11.3. The molecule has 0 radical (unpaired) electrons. The number of benzene rings is 1. The van der Waals surface area contributed by atoms with Crippen molar-refractivity contribution in [3.05, 3.63) is 45.4 Å². The molecule has 0 spiro atoms. The zero-order valence-electron chi connectivity index (χ0n) is 15.3. The van der Waals surface area contributed by atoms with E-state index < -0.39 is 0 Å². The van der Waals surface area contributed by atoms with Gasteiger partial charge in [-0.2, -0.15) is 0 Å². The maximum absolute atomic E-state index is 6.37. The summed E-state index contributed by atoms with van der Waals surface area (Å²) in [6, 6.07) is 8.39. The van der Waals surface area contributed by atoms with Gasteiger partial charge in [0.15, 0.2) is 5.96 Å². The average molecular weight is 392 g/mol. The number of para-hydroxylation sites is 1. The molecule has 1 aromatic heterocycles. The highest BCUT2D eigenvalue weighted by Gasteiger charge is 2.22. The molecule has 1 saturated heterocycles. The van der Waals surface area contributed by atoms with Crippen molar-refractivity contribution in [1.29, 1.82) is 0 Å². The number of aryl methyl sites for hydroxylation is 1. The number of rotatable bonds is 5. The molecule has 7 heteroatoms. The number of halogens is 1. The molecule has 0 aliphatic carbocycles. The molecule has 26 heavy (non-hydrogen) atoms. The van der Waals surface area contributed by atoms with Crippen LogP contribution >= 0.6 is 22.9 Å². The maximum atomic E-state index is 6.37. The van der Waals surface area contributed by atoms with Gasteiger partial charge in [0.25, 0.3) is 0 Å². The van der Waals surface area contributed by atoms with Crippen LogP contribution in [0.3, 0.4) is 0 Å². The lowest BCUT2D eigenvalue weighted by atomic mass is 10.0. The molecule has 1 fully saturated rings. The Kier molecular flexibility index (Phi) is 6.74. The van der Waals surface area contributed by atoms with Gasteiger partial charge >= 0.3 is 0 Å². The number of thiazole rings is 1. The van der Waals surface area contributed by atoms with Gasteiger partial charge in [-0.25, -0.2) is 4.98 Å². The number of hydrogen-bond donors (Lipinski definition) is 2. The number of hydrogen-bond acceptors (Lipinski definition) is 4. The minimum absolute atomic E-state index is 0.341. The van der Waals surface area contributed by atoms with Crippen LogP contribution in [0.2, 0.25) is 5.02 Å². The third kappa shape index (κ3) is 4.89. The van der Waals surface area contributed by atoms with Crippen LogP contribution in [-0.4, -0.2) is 37.1 Å². The largest absolute Gasteiger partial charge is 0.368 e. The summed E-state index contributed by atoms with van der Waals surface area (Å²) in [5, 5.41) is 11.0. The smallest absolute Gasteiger partial charge is 0.191 e. The summed E-state index contributed by atoms with van der Waals surface area (Å²) in [5.41, 5.74) is 2.18. The van der Waals surface area contributed by atoms with Crippen LogP contribution in [0.5, 0.6) is 0 Å². The Bertz CT molecular complexity index is 745. The molecule has 2 heterocycles. The van der Waals surface area contributed by atoms with E-state index in [2.05, 4.69) is 43.9 Å². The molecule has 0 bridgehead atoms. The monoisotopic (exact) mass is 391 g/mol. The molecule has 0 amide bonds. The van der Waals surface area contributed by atoms with Crippen LogP contribution in [0.25, 0.3) is 0 Å². The number of aliphatic imine (C=N–C) groups is 1. The minimum atomic E-state index is 0.341.